The second kappa shape index (κ2) is 7.14. The normalized spacial score (nSPS) is 9.95. The molecule has 0 bridgehead atoms. The van der Waals surface area contributed by atoms with E-state index in [4.69, 9.17) is 4.74 Å². The molecule has 1 aromatic heterocycles. The number of rotatable bonds is 5. The predicted molar refractivity (Wildman–Crippen MR) is 75.8 cm³/mol. The van der Waals surface area contributed by atoms with Crippen molar-refractivity contribution in [2.75, 3.05) is 6.54 Å². The second-order valence-corrected chi connectivity index (χ2v) is 4.25. The topological polar surface area (TPSA) is 81.2 Å². The quantitative estimate of drug-likeness (QED) is 0.663. The van der Waals surface area contributed by atoms with Gasteiger partial charge in [-0.1, -0.05) is 19.1 Å². The van der Waals surface area contributed by atoms with Crippen LogP contribution in [0.15, 0.2) is 42.9 Å². The number of esters is 1. The molecule has 0 spiro atoms. The van der Waals surface area contributed by atoms with Crippen molar-refractivity contribution in [3.05, 3.63) is 54.1 Å². The Labute approximate surface area is 122 Å². The van der Waals surface area contributed by atoms with E-state index < -0.39 is 11.9 Å². The standard InChI is InChI=1S/C15H15N3O3/c1-2-11-4-3-5-12(8-11)21-14(19)10-18-15(20)13-9-16-6-7-17-13/h3-9H,2,10H2,1H3,(H,18,20). The van der Waals surface area contributed by atoms with Crippen LogP contribution in [0.25, 0.3) is 0 Å². The first-order chi connectivity index (χ1) is 10.2. The van der Waals surface area contributed by atoms with Gasteiger partial charge in [0.25, 0.3) is 5.91 Å². The Morgan fingerprint density at radius 1 is 1.29 bits per heavy atom. The van der Waals surface area contributed by atoms with Crippen molar-refractivity contribution >= 4 is 11.9 Å². The third kappa shape index (κ3) is 4.38. The van der Waals surface area contributed by atoms with E-state index in [2.05, 4.69) is 15.3 Å². The molecule has 0 atom stereocenters. The number of aromatic nitrogens is 2. The van der Waals surface area contributed by atoms with Gasteiger partial charge in [0.1, 0.15) is 18.0 Å². The number of benzene rings is 1. The van der Waals surface area contributed by atoms with E-state index in [9.17, 15) is 9.59 Å². The van der Waals surface area contributed by atoms with Crippen molar-refractivity contribution in [1.82, 2.24) is 15.3 Å². The first kappa shape index (κ1) is 14.6. The fraction of sp³-hybridized carbons (Fsp3) is 0.200. The Hall–Kier alpha value is -2.76. The summed E-state index contributed by atoms with van der Waals surface area (Å²) >= 11 is 0. The molecule has 2 aromatic rings. The van der Waals surface area contributed by atoms with Crippen LogP contribution in [0.5, 0.6) is 5.75 Å². The van der Waals surface area contributed by atoms with Crippen molar-refractivity contribution in [3.63, 3.8) is 0 Å². The molecule has 6 heteroatoms. The summed E-state index contributed by atoms with van der Waals surface area (Å²) in [5.74, 6) is -0.545. The van der Waals surface area contributed by atoms with Crippen molar-refractivity contribution < 1.29 is 14.3 Å². The number of amides is 1. The van der Waals surface area contributed by atoms with Gasteiger partial charge in [-0.05, 0) is 24.1 Å². The van der Waals surface area contributed by atoms with Gasteiger partial charge >= 0.3 is 5.97 Å². The third-order valence-corrected chi connectivity index (χ3v) is 2.73. The lowest BCUT2D eigenvalue weighted by atomic mass is 10.2. The molecule has 0 saturated heterocycles. The highest BCUT2D eigenvalue weighted by Gasteiger charge is 2.10. The highest BCUT2D eigenvalue weighted by Crippen LogP contribution is 2.13. The molecular weight excluding hydrogens is 270 g/mol. The van der Waals surface area contributed by atoms with E-state index in [1.165, 1.54) is 18.6 Å². The number of nitrogens with zero attached hydrogens (tertiary/aromatic N) is 2. The van der Waals surface area contributed by atoms with E-state index >= 15 is 0 Å². The largest absolute Gasteiger partial charge is 0.425 e. The van der Waals surface area contributed by atoms with Crippen LogP contribution >= 0.6 is 0 Å². The van der Waals surface area contributed by atoms with Gasteiger partial charge in [-0.2, -0.15) is 0 Å². The highest BCUT2D eigenvalue weighted by molar-refractivity contribution is 5.94. The Morgan fingerprint density at radius 3 is 2.86 bits per heavy atom. The van der Waals surface area contributed by atoms with E-state index in [-0.39, 0.29) is 12.2 Å². The van der Waals surface area contributed by atoms with Gasteiger partial charge in [-0.3, -0.25) is 9.78 Å². The summed E-state index contributed by atoms with van der Waals surface area (Å²) in [6, 6.07) is 7.26. The minimum Gasteiger partial charge on any atom is -0.425 e. The van der Waals surface area contributed by atoms with Crippen LogP contribution in [0.4, 0.5) is 0 Å². The molecule has 0 unspecified atom stereocenters. The summed E-state index contributed by atoms with van der Waals surface area (Å²) in [5.41, 5.74) is 1.22. The van der Waals surface area contributed by atoms with Crippen molar-refractivity contribution in [1.29, 1.82) is 0 Å². The molecule has 108 valence electrons. The molecule has 1 aromatic carbocycles. The maximum atomic E-state index is 11.7. The molecular formula is C15H15N3O3. The molecule has 6 nitrogen and oxygen atoms in total. The monoisotopic (exact) mass is 285 g/mol. The summed E-state index contributed by atoms with van der Waals surface area (Å²) in [6.45, 7) is 1.79. The second-order valence-electron chi connectivity index (χ2n) is 4.25. The smallest absolute Gasteiger partial charge is 0.330 e. The number of aryl methyl sites for hydroxylation is 1. The lowest BCUT2D eigenvalue weighted by molar-refractivity contribution is -0.133. The average Bonchev–Trinajstić information content (AvgIpc) is 2.53. The van der Waals surface area contributed by atoms with Crippen LogP contribution in [0.3, 0.4) is 0 Å². The van der Waals surface area contributed by atoms with Gasteiger partial charge < -0.3 is 10.1 Å². The first-order valence-electron chi connectivity index (χ1n) is 6.53. The van der Waals surface area contributed by atoms with Crippen LogP contribution in [-0.4, -0.2) is 28.4 Å². The molecule has 0 aliphatic rings. The predicted octanol–water partition coefficient (Wildman–Crippen LogP) is 1.37. The lowest BCUT2D eigenvalue weighted by Gasteiger charge is -2.06. The molecule has 0 radical (unpaired) electrons. The minimum absolute atomic E-state index is 0.151. The lowest BCUT2D eigenvalue weighted by Crippen LogP contribution is -2.32. The number of hydrogen-bond acceptors (Lipinski definition) is 5. The van der Waals surface area contributed by atoms with Crippen LogP contribution in [0.2, 0.25) is 0 Å². The molecule has 1 N–H and O–H groups in total. The number of nitrogens with one attached hydrogen (secondary N) is 1. The SMILES string of the molecule is CCc1cccc(OC(=O)CNC(=O)c2cnccn2)c1. The zero-order valence-corrected chi connectivity index (χ0v) is 11.6. The van der Waals surface area contributed by atoms with Gasteiger partial charge in [0.05, 0.1) is 6.20 Å². The Morgan fingerprint density at radius 2 is 2.14 bits per heavy atom. The van der Waals surface area contributed by atoms with Crippen LogP contribution < -0.4 is 10.1 Å². The minimum atomic E-state index is -0.541. The fourth-order valence-corrected chi connectivity index (χ4v) is 1.66. The van der Waals surface area contributed by atoms with Crippen molar-refractivity contribution in [2.24, 2.45) is 0 Å². The molecule has 1 heterocycles. The summed E-state index contributed by atoms with van der Waals surface area (Å²) in [4.78, 5) is 31.0. The number of ether oxygens (including phenoxy) is 1. The summed E-state index contributed by atoms with van der Waals surface area (Å²) in [6.07, 6.45) is 5.05. The average molecular weight is 285 g/mol. The van der Waals surface area contributed by atoms with Gasteiger partial charge in [-0.15, -0.1) is 0 Å². The van der Waals surface area contributed by atoms with E-state index in [0.717, 1.165) is 12.0 Å². The van der Waals surface area contributed by atoms with Gasteiger partial charge in [0, 0.05) is 12.4 Å². The Balaban J connectivity index is 1.86. The van der Waals surface area contributed by atoms with E-state index in [0.29, 0.717) is 5.75 Å². The molecule has 21 heavy (non-hydrogen) atoms. The molecule has 0 aliphatic carbocycles. The van der Waals surface area contributed by atoms with Crippen molar-refractivity contribution in [3.8, 4) is 5.75 Å². The fourth-order valence-electron chi connectivity index (χ4n) is 1.66. The maximum Gasteiger partial charge on any atom is 0.330 e. The number of hydrogen-bond donors (Lipinski definition) is 1. The van der Waals surface area contributed by atoms with Crippen LogP contribution in [0.1, 0.15) is 23.0 Å². The molecule has 2 rings (SSSR count). The van der Waals surface area contributed by atoms with Crippen LogP contribution in [0, 0.1) is 0 Å². The summed E-state index contributed by atoms with van der Waals surface area (Å²) in [5, 5.41) is 2.43. The van der Waals surface area contributed by atoms with Gasteiger partial charge in [0.15, 0.2) is 0 Å². The maximum absolute atomic E-state index is 11.7. The molecule has 0 saturated carbocycles. The van der Waals surface area contributed by atoms with Gasteiger partial charge in [-0.25, -0.2) is 9.78 Å². The summed E-state index contributed by atoms with van der Waals surface area (Å²) in [7, 11) is 0. The molecule has 1 amide bonds. The highest BCUT2D eigenvalue weighted by atomic mass is 16.5. The van der Waals surface area contributed by atoms with Gasteiger partial charge in [0.2, 0.25) is 0 Å². The van der Waals surface area contributed by atoms with E-state index in [1.54, 1.807) is 12.1 Å². The van der Waals surface area contributed by atoms with E-state index in [1.807, 2.05) is 19.1 Å². The van der Waals surface area contributed by atoms with Crippen LogP contribution in [-0.2, 0) is 11.2 Å². The third-order valence-electron chi connectivity index (χ3n) is 2.73. The number of carbonyl (C=O) groups excluding carboxylic acids is 2. The summed E-state index contributed by atoms with van der Waals surface area (Å²) < 4.78 is 5.15. The number of carbonyl (C=O) groups is 2. The molecule has 0 aliphatic heterocycles. The Bertz CT molecular complexity index is 629. The molecule has 0 fully saturated rings. The zero-order chi connectivity index (χ0) is 15.1. The first-order valence-corrected chi connectivity index (χ1v) is 6.53. The Kier molecular flexibility index (Phi) is 4.98. The zero-order valence-electron chi connectivity index (χ0n) is 11.6. The van der Waals surface area contributed by atoms with Crippen molar-refractivity contribution in [2.45, 2.75) is 13.3 Å².